The molecule has 0 spiro atoms. The van der Waals surface area contributed by atoms with Gasteiger partial charge >= 0.3 is 24.3 Å². The molecule has 2 aliphatic rings. The van der Waals surface area contributed by atoms with Crippen molar-refractivity contribution in [1.29, 1.82) is 0 Å². The van der Waals surface area contributed by atoms with Gasteiger partial charge in [-0.3, -0.25) is 9.80 Å². The third-order valence-corrected chi connectivity index (χ3v) is 6.77. The Labute approximate surface area is 216 Å². The van der Waals surface area contributed by atoms with Crippen molar-refractivity contribution in [3.8, 4) is 0 Å². The number of nitrogens with zero attached hydrogens (tertiary/aromatic N) is 3. The van der Waals surface area contributed by atoms with Crippen LogP contribution in [0.25, 0.3) is 0 Å². The second-order valence-corrected chi connectivity index (χ2v) is 10.0. The molecule has 0 saturated carbocycles. The van der Waals surface area contributed by atoms with E-state index in [1.54, 1.807) is 22.7 Å². The highest BCUT2D eigenvalue weighted by Gasteiger charge is 2.39. The van der Waals surface area contributed by atoms with Gasteiger partial charge in [-0.05, 0) is 29.3 Å². The van der Waals surface area contributed by atoms with Crippen molar-refractivity contribution in [2.45, 2.75) is 38.5 Å². The summed E-state index contributed by atoms with van der Waals surface area (Å²) in [5, 5.41) is 22.0. The lowest BCUT2D eigenvalue weighted by Gasteiger charge is -2.22. The molecule has 2 aromatic rings. The molecule has 2 N–H and O–H groups in total. The topological polar surface area (TPSA) is 103 Å². The molecule has 2 saturated heterocycles. The maximum absolute atomic E-state index is 10.6. The van der Waals surface area contributed by atoms with Crippen LogP contribution in [-0.2, 0) is 27.4 Å². The van der Waals surface area contributed by atoms with E-state index in [0.29, 0.717) is 12.0 Å². The van der Waals surface area contributed by atoms with Gasteiger partial charge in [-0.25, -0.2) is 14.6 Å². The Hall–Kier alpha value is -2.27. The second kappa shape index (κ2) is 13.5. The number of thiophene rings is 1. The first-order valence-corrected chi connectivity index (χ1v) is 12.6. The zero-order chi connectivity index (χ0) is 27.8. The van der Waals surface area contributed by atoms with E-state index in [1.807, 2.05) is 0 Å². The van der Waals surface area contributed by atoms with Crippen molar-refractivity contribution in [3.63, 3.8) is 0 Å². The number of carbonyl (C=O) groups is 2. The number of alkyl halides is 6. The Balaban J connectivity index is 0.000000286. The van der Waals surface area contributed by atoms with Gasteiger partial charge in [0.05, 0.1) is 23.4 Å². The monoisotopic (exact) mass is 577 g/mol. The van der Waals surface area contributed by atoms with Gasteiger partial charge < -0.3 is 14.9 Å². The average molecular weight is 578 g/mol. The maximum Gasteiger partial charge on any atom is 0.490 e. The molecule has 208 valence electrons. The SMILES string of the molecule is Cc1nc(CN2CCO[C@@H]3CN(Cc4ccsc4)C[C@@H]3C2)cs1.O=C(O)C(F)(F)F.O=C(O)C(F)(F)F. The van der Waals surface area contributed by atoms with Crippen molar-refractivity contribution in [2.24, 2.45) is 5.92 Å². The lowest BCUT2D eigenvalue weighted by atomic mass is 10.1. The molecule has 4 rings (SSSR count). The lowest BCUT2D eigenvalue weighted by Crippen LogP contribution is -2.32. The number of carboxylic acid groups (broad SMARTS) is 2. The number of hydrogen-bond donors (Lipinski definition) is 2. The zero-order valence-electron chi connectivity index (χ0n) is 19.5. The minimum Gasteiger partial charge on any atom is -0.475 e. The van der Waals surface area contributed by atoms with Gasteiger partial charge in [-0.1, -0.05) is 0 Å². The van der Waals surface area contributed by atoms with E-state index >= 15 is 0 Å². The van der Waals surface area contributed by atoms with Gasteiger partial charge in [0.2, 0.25) is 0 Å². The Morgan fingerprint density at radius 3 is 2.11 bits per heavy atom. The molecular weight excluding hydrogens is 552 g/mol. The summed E-state index contributed by atoms with van der Waals surface area (Å²) in [5.41, 5.74) is 2.64. The molecule has 0 aromatic carbocycles. The smallest absolute Gasteiger partial charge is 0.475 e. The van der Waals surface area contributed by atoms with E-state index < -0.39 is 24.3 Å². The second-order valence-electron chi connectivity index (χ2n) is 8.19. The molecule has 0 unspecified atom stereocenters. The summed E-state index contributed by atoms with van der Waals surface area (Å²) < 4.78 is 69.6. The van der Waals surface area contributed by atoms with E-state index in [1.165, 1.54) is 11.3 Å². The summed E-state index contributed by atoms with van der Waals surface area (Å²) in [5.74, 6) is -4.89. The molecule has 0 aliphatic carbocycles. The highest BCUT2D eigenvalue weighted by Crippen LogP contribution is 2.26. The number of rotatable bonds is 4. The van der Waals surface area contributed by atoms with E-state index in [4.69, 9.17) is 24.5 Å². The minimum atomic E-state index is -5.08. The molecule has 0 radical (unpaired) electrons. The number of carboxylic acids is 2. The number of thiazole rings is 1. The molecule has 8 nitrogen and oxygen atoms in total. The lowest BCUT2D eigenvalue weighted by molar-refractivity contribution is -0.193. The summed E-state index contributed by atoms with van der Waals surface area (Å²) in [6.07, 6.45) is -9.77. The summed E-state index contributed by atoms with van der Waals surface area (Å²) in [6, 6.07) is 2.23. The van der Waals surface area contributed by atoms with Crippen LogP contribution in [0.3, 0.4) is 0 Å². The van der Waals surface area contributed by atoms with Gasteiger partial charge in [-0.2, -0.15) is 37.7 Å². The number of hydrogen-bond acceptors (Lipinski definition) is 8. The fraction of sp³-hybridized carbons (Fsp3) is 0.571. The van der Waals surface area contributed by atoms with E-state index in [0.717, 1.165) is 50.9 Å². The number of aromatic nitrogens is 1. The Bertz CT molecular complexity index is 976. The van der Waals surface area contributed by atoms with Crippen molar-refractivity contribution in [2.75, 3.05) is 32.8 Å². The molecule has 4 heterocycles. The fourth-order valence-electron chi connectivity index (χ4n) is 3.67. The number of aliphatic carboxylic acids is 2. The molecule has 16 heteroatoms. The third kappa shape index (κ3) is 10.9. The highest BCUT2D eigenvalue weighted by molar-refractivity contribution is 7.09. The molecule has 2 aliphatic heterocycles. The first-order chi connectivity index (χ1) is 17.1. The van der Waals surface area contributed by atoms with Gasteiger partial charge in [-0.15, -0.1) is 11.3 Å². The number of aryl methyl sites for hydroxylation is 1. The van der Waals surface area contributed by atoms with Crippen molar-refractivity contribution in [3.05, 3.63) is 38.5 Å². The number of halogens is 6. The molecular formula is C21H25F6N3O5S2. The number of likely N-dealkylation sites (tertiary alicyclic amines) is 1. The first-order valence-electron chi connectivity index (χ1n) is 10.7. The highest BCUT2D eigenvalue weighted by atomic mass is 32.1. The average Bonchev–Trinajstić information content (AvgIpc) is 3.48. The number of fused-ring (bicyclic) bond motifs is 1. The minimum absolute atomic E-state index is 0.399. The molecule has 2 atom stereocenters. The largest absolute Gasteiger partial charge is 0.490 e. The Kier molecular flexibility index (Phi) is 11.3. The van der Waals surface area contributed by atoms with E-state index in [9.17, 15) is 26.3 Å². The van der Waals surface area contributed by atoms with Gasteiger partial charge in [0.1, 0.15) is 0 Å². The van der Waals surface area contributed by atoms with Crippen LogP contribution in [0, 0.1) is 12.8 Å². The van der Waals surface area contributed by atoms with Gasteiger partial charge in [0.15, 0.2) is 0 Å². The van der Waals surface area contributed by atoms with Crippen LogP contribution in [0.4, 0.5) is 26.3 Å². The third-order valence-electron chi connectivity index (χ3n) is 5.21. The van der Waals surface area contributed by atoms with Crippen LogP contribution in [0.5, 0.6) is 0 Å². The summed E-state index contributed by atoms with van der Waals surface area (Å²) in [7, 11) is 0. The van der Waals surface area contributed by atoms with E-state index in [2.05, 4.69) is 43.9 Å². The maximum atomic E-state index is 10.6. The molecule has 37 heavy (non-hydrogen) atoms. The Morgan fingerprint density at radius 2 is 1.62 bits per heavy atom. The Morgan fingerprint density at radius 1 is 1.03 bits per heavy atom. The summed E-state index contributed by atoms with van der Waals surface area (Å²) in [4.78, 5) is 27.5. The first kappa shape index (κ1) is 31.0. The quantitative estimate of drug-likeness (QED) is 0.524. The fourth-order valence-corrected chi connectivity index (χ4v) is 4.93. The molecule has 0 bridgehead atoms. The van der Waals surface area contributed by atoms with Crippen molar-refractivity contribution < 1.29 is 50.9 Å². The van der Waals surface area contributed by atoms with Crippen LogP contribution in [0.15, 0.2) is 22.2 Å². The van der Waals surface area contributed by atoms with Crippen molar-refractivity contribution in [1.82, 2.24) is 14.8 Å². The molecule has 2 aromatic heterocycles. The summed E-state index contributed by atoms with van der Waals surface area (Å²) in [6.45, 7) is 9.31. The van der Waals surface area contributed by atoms with Crippen LogP contribution in [0.2, 0.25) is 0 Å². The zero-order valence-corrected chi connectivity index (χ0v) is 21.1. The van der Waals surface area contributed by atoms with Crippen LogP contribution in [-0.4, -0.2) is 88.2 Å². The van der Waals surface area contributed by atoms with Crippen LogP contribution >= 0.6 is 22.7 Å². The normalized spacial score (nSPS) is 20.6. The predicted octanol–water partition coefficient (Wildman–Crippen LogP) is 4.11. The van der Waals surface area contributed by atoms with Gasteiger partial charge in [0.25, 0.3) is 0 Å². The molecule has 0 amide bonds. The number of ether oxygens (including phenoxy) is 1. The summed E-state index contributed by atoms with van der Waals surface area (Å²) >= 11 is 3.53. The van der Waals surface area contributed by atoms with Gasteiger partial charge in [0, 0.05) is 50.6 Å². The van der Waals surface area contributed by atoms with Crippen LogP contribution < -0.4 is 0 Å². The predicted molar refractivity (Wildman–Crippen MR) is 122 cm³/mol. The van der Waals surface area contributed by atoms with Crippen molar-refractivity contribution >= 4 is 34.6 Å². The van der Waals surface area contributed by atoms with Crippen LogP contribution in [0.1, 0.15) is 16.3 Å². The van der Waals surface area contributed by atoms with E-state index in [-0.39, 0.29) is 0 Å². The standard InChI is InChI=1S/C17H23N3OS2.2C2HF3O2/c1-13-18-16(12-23-13)9-19-3-4-21-17-10-20(8-15(17)7-19)6-14-2-5-22-11-14;2*3-2(4,5)1(6)7/h2,5,11-12,15,17H,3-4,6-10H2,1H3;2*(H,6,7)/t15-,17+;;/m0../s1. The molecule has 2 fully saturated rings.